The Morgan fingerprint density at radius 1 is 1.12 bits per heavy atom. The van der Waals surface area contributed by atoms with Crippen LogP contribution in [0.2, 0.25) is 0 Å². The highest BCUT2D eigenvalue weighted by molar-refractivity contribution is 5.87. The van der Waals surface area contributed by atoms with E-state index in [1.54, 1.807) is 19.9 Å². The first-order chi connectivity index (χ1) is 26.8. The fourth-order valence-electron chi connectivity index (χ4n) is 7.79. The van der Waals surface area contributed by atoms with Crippen LogP contribution < -0.4 is 21.2 Å². The molecule has 0 saturated carbocycles. The van der Waals surface area contributed by atoms with Crippen molar-refractivity contribution < 1.29 is 28.5 Å². The molecule has 13 heteroatoms. The third-order valence-corrected chi connectivity index (χ3v) is 11.0. The molecule has 0 bridgehead atoms. The fraction of sp³-hybridized carbons (Fsp3) is 0.419. The number of phenols is 1. The average molecular weight is 761 g/mol. The first kappa shape index (κ1) is 37.2. The van der Waals surface area contributed by atoms with E-state index >= 15 is 0 Å². The third kappa shape index (κ3) is 7.35. The molecule has 3 aromatic heterocycles. The lowest BCUT2D eigenvalue weighted by Crippen LogP contribution is -2.50. The summed E-state index contributed by atoms with van der Waals surface area (Å²) in [6, 6.07) is 10.9. The lowest BCUT2D eigenvalue weighted by atomic mass is 9.89. The minimum Gasteiger partial charge on any atom is -0.507 e. The maximum absolute atomic E-state index is 13.7. The van der Waals surface area contributed by atoms with Gasteiger partial charge in [0.15, 0.2) is 11.0 Å². The number of allylic oxidation sites excluding steroid dienone is 1. The standard InChI is InChI=1S/C43H48N6O7/c1-6-7-8-12-46-38-18-27(17-28(47-38)22-49-21-26-11-13-45-31(26)23-49)30-15-25(16-37(44)48-30)9-10-35-43(5,56-35)41(52)54-36-19-29-33(55-42(36,3)4)20-34-39(40(29)51)32(50)14-24(2)53-34/h11,13-18,20,23,35-36,51H,6-10,12,19,21-22H2,1-5H3,(H2,44,48)(H,46,47)/t35-,36-,43+/m1/s1. The molecule has 4 N–H and O–H groups in total. The van der Waals surface area contributed by atoms with Crippen molar-refractivity contribution in [3.63, 3.8) is 0 Å². The number of anilines is 2. The van der Waals surface area contributed by atoms with E-state index in [0.29, 0.717) is 42.3 Å². The monoisotopic (exact) mass is 760 g/mol. The number of nitrogens with one attached hydrogen (secondary N) is 1. The summed E-state index contributed by atoms with van der Waals surface area (Å²) in [6.45, 7) is 11.5. The van der Waals surface area contributed by atoms with E-state index in [2.05, 4.69) is 40.5 Å². The summed E-state index contributed by atoms with van der Waals surface area (Å²) in [6.07, 6.45) is 9.47. The van der Waals surface area contributed by atoms with Gasteiger partial charge in [0.25, 0.3) is 0 Å². The van der Waals surface area contributed by atoms with Gasteiger partial charge in [0.2, 0.25) is 0 Å². The molecule has 4 aliphatic rings. The Kier molecular flexibility index (Phi) is 9.60. The number of aromatic hydroxyl groups is 1. The molecule has 3 atom stereocenters. The summed E-state index contributed by atoms with van der Waals surface area (Å²) in [5.74, 6) is 1.26. The van der Waals surface area contributed by atoms with Gasteiger partial charge in [0.1, 0.15) is 51.6 Å². The molecule has 8 rings (SSSR count). The largest absolute Gasteiger partial charge is 0.507 e. The van der Waals surface area contributed by atoms with Crippen LogP contribution in [0.1, 0.15) is 76.0 Å². The number of aliphatic imine (C=N–C) groups is 1. The molecule has 292 valence electrons. The van der Waals surface area contributed by atoms with Gasteiger partial charge in [0.05, 0.1) is 29.7 Å². The number of unbranched alkanes of at least 4 members (excludes halogenated alkanes) is 2. The second kappa shape index (κ2) is 14.4. The van der Waals surface area contributed by atoms with Gasteiger partial charge in [-0.1, -0.05) is 19.8 Å². The molecule has 0 unspecified atom stereocenters. The number of nitrogen functional groups attached to an aromatic ring is 1. The number of pyridine rings is 2. The van der Waals surface area contributed by atoms with Crippen molar-refractivity contribution >= 4 is 34.8 Å². The van der Waals surface area contributed by atoms with Gasteiger partial charge in [-0.25, -0.2) is 14.8 Å². The molecule has 7 heterocycles. The summed E-state index contributed by atoms with van der Waals surface area (Å²) >= 11 is 0. The Hall–Kier alpha value is -5.69. The molecule has 0 amide bonds. The minimum atomic E-state index is -1.15. The maximum atomic E-state index is 13.7. The summed E-state index contributed by atoms with van der Waals surface area (Å²) in [7, 11) is 0. The van der Waals surface area contributed by atoms with Crippen molar-refractivity contribution in [2.75, 3.05) is 24.1 Å². The molecule has 56 heavy (non-hydrogen) atoms. The Bertz CT molecular complexity index is 2380. The normalized spacial score (nSPS) is 21.6. The quantitative estimate of drug-likeness (QED) is 0.0764. The number of esters is 1. The third-order valence-electron chi connectivity index (χ3n) is 11.0. The minimum absolute atomic E-state index is 0.0691. The molecule has 13 nitrogen and oxygen atoms in total. The Balaban J connectivity index is 0.948. The number of phenolic OH excluding ortho intramolecular Hbond substituents is 1. The molecule has 4 aromatic rings. The van der Waals surface area contributed by atoms with E-state index < -0.39 is 23.3 Å². The summed E-state index contributed by atoms with van der Waals surface area (Å²) < 4.78 is 24.0. The van der Waals surface area contributed by atoms with E-state index in [9.17, 15) is 14.7 Å². The summed E-state index contributed by atoms with van der Waals surface area (Å²) in [4.78, 5) is 42.7. The van der Waals surface area contributed by atoms with Crippen molar-refractivity contribution in [3.05, 3.63) is 92.7 Å². The molecular formula is C43H48N6O7. The maximum Gasteiger partial charge on any atom is 0.341 e. The number of nitrogens with zero attached hydrogens (tertiary/aromatic N) is 4. The van der Waals surface area contributed by atoms with Gasteiger partial charge in [-0.05, 0) is 82.9 Å². The Morgan fingerprint density at radius 3 is 2.77 bits per heavy atom. The van der Waals surface area contributed by atoms with Crippen molar-refractivity contribution in [1.82, 2.24) is 14.9 Å². The number of epoxide rings is 1. The second-order valence-corrected chi connectivity index (χ2v) is 15.9. The predicted molar refractivity (Wildman–Crippen MR) is 214 cm³/mol. The first-order valence-corrected chi connectivity index (χ1v) is 19.4. The van der Waals surface area contributed by atoms with Gasteiger partial charge in [-0.15, -0.1) is 0 Å². The topological polar surface area (TPSA) is 178 Å². The number of rotatable bonds is 13. The summed E-state index contributed by atoms with van der Waals surface area (Å²) in [5.41, 5.74) is 10.3. The molecule has 1 fully saturated rings. The smallest absolute Gasteiger partial charge is 0.341 e. The number of ether oxygens (including phenoxy) is 3. The number of carbonyl (C=O) groups excluding carboxylic acids is 1. The van der Waals surface area contributed by atoms with Crippen LogP contribution in [0.5, 0.6) is 11.5 Å². The summed E-state index contributed by atoms with van der Waals surface area (Å²) in [5, 5.41) is 14.7. The highest BCUT2D eigenvalue weighted by atomic mass is 16.7. The molecule has 0 spiro atoms. The van der Waals surface area contributed by atoms with E-state index in [4.69, 9.17) is 34.3 Å². The first-order valence-electron chi connectivity index (χ1n) is 19.4. The zero-order valence-corrected chi connectivity index (χ0v) is 32.5. The van der Waals surface area contributed by atoms with Crippen LogP contribution in [0.25, 0.3) is 22.2 Å². The second-order valence-electron chi connectivity index (χ2n) is 15.9. The number of hydrogen-bond donors (Lipinski definition) is 3. The predicted octanol–water partition coefficient (Wildman–Crippen LogP) is 6.53. The van der Waals surface area contributed by atoms with Crippen LogP contribution in [0.3, 0.4) is 0 Å². The zero-order chi connectivity index (χ0) is 39.4. The van der Waals surface area contributed by atoms with Crippen molar-refractivity contribution in [1.29, 1.82) is 0 Å². The Morgan fingerprint density at radius 2 is 1.96 bits per heavy atom. The molecular weight excluding hydrogens is 713 g/mol. The van der Waals surface area contributed by atoms with Crippen molar-refractivity contribution in [2.45, 2.75) is 103 Å². The van der Waals surface area contributed by atoms with Gasteiger partial charge in [0, 0.05) is 60.8 Å². The molecule has 4 aliphatic heterocycles. The van der Waals surface area contributed by atoms with E-state index in [1.807, 2.05) is 38.3 Å². The van der Waals surface area contributed by atoms with Crippen LogP contribution in [0.15, 0.2) is 74.1 Å². The molecule has 1 saturated heterocycles. The Labute approximate surface area is 325 Å². The van der Waals surface area contributed by atoms with Gasteiger partial charge in [-0.2, -0.15) is 0 Å². The van der Waals surface area contributed by atoms with Crippen molar-refractivity contribution in [2.24, 2.45) is 4.99 Å². The van der Waals surface area contributed by atoms with E-state index in [0.717, 1.165) is 66.4 Å². The van der Waals surface area contributed by atoms with Crippen LogP contribution in [-0.2, 0) is 33.7 Å². The van der Waals surface area contributed by atoms with Crippen LogP contribution in [0, 0.1) is 6.92 Å². The lowest BCUT2D eigenvalue weighted by molar-refractivity contribution is -0.167. The van der Waals surface area contributed by atoms with Gasteiger partial charge >= 0.3 is 5.97 Å². The molecule has 1 aromatic carbocycles. The lowest BCUT2D eigenvalue weighted by Gasteiger charge is -2.39. The van der Waals surface area contributed by atoms with Crippen LogP contribution >= 0.6 is 0 Å². The SMILES string of the molecule is CCCCCNc1cc(-c2cc(CC[C@H]3O[C@]3(C)C(=O)O[C@@H]3Cc4c(cc5oc(C)cc(=O)c5c4O)OC3(C)C)cc(N)n2)cc(CN2C=C3N=CC=C3C2)n1. The van der Waals surface area contributed by atoms with Gasteiger partial charge in [-0.3, -0.25) is 9.79 Å². The van der Waals surface area contributed by atoms with E-state index in [-0.39, 0.29) is 34.7 Å². The van der Waals surface area contributed by atoms with Gasteiger partial charge < -0.3 is 39.7 Å². The van der Waals surface area contributed by atoms with E-state index in [1.165, 1.54) is 11.6 Å². The molecule has 0 aliphatic carbocycles. The number of aryl methyl sites for hydroxylation is 2. The number of benzene rings is 1. The number of fused-ring (bicyclic) bond motifs is 3. The van der Waals surface area contributed by atoms with Crippen LogP contribution in [0.4, 0.5) is 11.6 Å². The highest BCUT2D eigenvalue weighted by Gasteiger charge is 2.60. The number of carbonyl (C=O) groups is 1. The number of hydrogen-bond acceptors (Lipinski definition) is 13. The highest BCUT2D eigenvalue weighted by Crippen LogP contribution is 2.45. The van der Waals surface area contributed by atoms with Crippen molar-refractivity contribution in [3.8, 4) is 22.8 Å². The number of nitrogens with two attached hydrogens (primary N) is 1. The molecule has 0 radical (unpaired) electrons. The van der Waals surface area contributed by atoms with Crippen LogP contribution in [-0.4, -0.2) is 68.7 Å². The fourth-order valence-corrected chi connectivity index (χ4v) is 7.79. The number of aromatic nitrogens is 2. The zero-order valence-electron chi connectivity index (χ0n) is 32.5. The average Bonchev–Trinajstić information content (AvgIpc) is 3.38.